The molecule has 0 aromatic heterocycles. The topological polar surface area (TPSA) is 55.1 Å². The van der Waals surface area contributed by atoms with Crippen molar-refractivity contribution in [3.63, 3.8) is 0 Å². The predicted octanol–water partition coefficient (Wildman–Crippen LogP) is 3.19. The van der Waals surface area contributed by atoms with Gasteiger partial charge >= 0.3 is 0 Å². The maximum absolute atomic E-state index is 12.0. The fraction of sp³-hybridized carbons (Fsp3) is 0.462. The van der Waals surface area contributed by atoms with Gasteiger partial charge in [-0.05, 0) is 53.6 Å². The molecule has 0 saturated carbocycles. The Bertz CT molecular complexity index is 433. The SMILES string of the molecule is CCC(N)(CC)CNC(=O)c1ccc(I)c(Cl)c1. The number of nitrogens with two attached hydrogens (primary N) is 1. The van der Waals surface area contributed by atoms with Crippen molar-refractivity contribution in [2.24, 2.45) is 5.73 Å². The van der Waals surface area contributed by atoms with Gasteiger partial charge in [0.25, 0.3) is 5.91 Å². The maximum atomic E-state index is 12.0. The van der Waals surface area contributed by atoms with Crippen molar-refractivity contribution in [3.8, 4) is 0 Å². The summed E-state index contributed by atoms with van der Waals surface area (Å²) in [7, 11) is 0. The minimum absolute atomic E-state index is 0.134. The van der Waals surface area contributed by atoms with E-state index in [1.165, 1.54) is 0 Å². The van der Waals surface area contributed by atoms with Crippen LogP contribution >= 0.6 is 34.2 Å². The molecular formula is C13H18ClIN2O. The number of hydrogen-bond acceptors (Lipinski definition) is 2. The van der Waals surface area contributed by atoms with Gasteiger partial charge in [0.2, 0.25) is 0 Å². The molecule has 18 heavy (non-hydrogen) atoms. The summed E-state index contributed by atoms with van der Waals surface area (Å²) >= 11 is 8.12. The van der Waals surface area contributed by atoms with E-state index in [0.29, 0.717) is 17.1 Å². The van der Waals surface area contributed by atoms with Crippen LogP contribution in [-0.4, -0.2) is 18.0 Å². The van der Waals surface area contributed by atoms with Crippen molar-refractivity contribution < 1.29 is 4.79 Å². The molecule has 1 aromatic rings. The molecule has 0 spiro atoms. The van der Waals surface area contributed by atoms with E-state index < -0.39 is 0 Å². The molecule has 0 bridgehead atoms. The van der Waals surface area contributed by atoms with Crippen LogP contribution in [0, 0.1) is 3.57 Å². The highest BCUT2D eigenvalue weighted by Gasteiger charge is 2.21. The van der Waals surface area contributed by atoms with E-state index in [9.17, 15) is 4.79 Å². The number of benzene rings is 1. The molecule has 0 aliphatic rings. The molecule has 100 valence electrons. The van der Waals surface area contributed by atoms with Crippen LogP contribution in [0.3, 0.4) is 0 Å². The van der Waals surface area contributed by atoms with Crippen molar-refractivity contribution in [2.45, 2.75) is 32.2 Å². The van der Waals surface area contributed by atoms with Crippen LogP contribution in [0.15, 0.2) is 18.2 Å². The Kier molecular flexibility index (Phi) is 5.88. The summed E-state index contributed by atoms with van der Waals surface area (Å²) in [4.78, 5) is 12.0. The van der Waals surface area contributed by atoms with E-state index in [4.69, 9.17) is 17.3 Å². The maximum Gasteiger partial charge on any atom is 0.251 e. The summed E-state index contributed by atoms with van der Waals surface area (Å²) < 4.78 is 0.932. The molecule has 0 saturated heterocycles. The second-order valence-corrected chi connectivity index (χ2v) is 5.95. The largest absolute Gasteiger partial charge is 0.350 e. The monoisotopic (exact) mass is 380 g/mol. The first kappa shape index (κ1) is 15.7. The van der Waals surface area contributed by atoms with E-state index in [2.05, 4.69) is 27.9 Å². The van der Waals surface area contributed by atoms with Crippen molar-refractivity contribution in [2.75, 3.05) is 6.54 Å². The third-order valence-electron chi connectivity index (χ3n) is 3.19. The molecule has 0 unspecified atom stereocenters. The van der Waals surface area contributed by atoms with Crippen LogP contribution in [-0.2, 0) is 0 Å². The lowest BCUT2D eigenvalue weighted by Gasteiger charge is -2.26. The Balaban J connectivity index is 2.68. The summed E-state index contributed by atoms with van der Waals surface area (Å²) in [5.74, 6) is -0.134. The quantitative estimate of drug-likeness (QED) is 0.771. The van der Waals surface area contributed by atoms with Crippen LogP contribution < -0.4 is 11.1 Å². The average Bonchev–Trinajstić information content (AvgIpc) is 2.38. The number of halogens is 2. The summed E-state index contributed by atoms with van der Waals surface area (Å²) in [6.45, 7) is 4.53. The van der Waals surface area contributed by atoms with Crippen molar-refractivity contribution >= 4 is 40.1 Å². The van der Waals surface area contributed by atoms with Gasteiger partial charge in [-0.25, -0.2) is 0 Å². The van der Waals surface area contributed by atoms with Gasteiger partial charge in [-0.3, -0.25) is 4.79 Å². The molecule has 3 N–H and O–H groups in total. The zero-order valence-electron chi connectivity index (χ0n) is 10.6. The lowest BCUT2D eigenvalue weighted by molar-refractivity contribution is 0.0942. The summed E-state index contributed by atoms with van der Waals surface area (Å²) in [6.07, 6.45) is 1.66. The molecule has 1 rings (SSSR count). The number of nitrogens with one attached hydrogen (secondary N) is 1. The fourth-order valence-electron chi connectivity index (χ4n) is 1.50. The van der Waals surface area contributed by atoms with Crippen LogP contribution in [0.2, 0.25) is 5.02 Å². The Hall–Kier alpha value is -0.330. The number of amides is 1. The van der Waals surface area contributed by atoms with Crippen molar-refractivity contribution in [1.82, 2.24) is 5.32 Å². The van der Waals surface area contributed by atoms with Gasteiger partial charge in [0, 0.05) is 21.2 Å². The lowest BCUT2D eigenvalue weighted by atomic mass is 9.94. The molecular weight excluding hydrogens is 363 g/mol. The van der Waals surface area contributed by atoms with Gasteiger partial charge in [-0.2, -0.15) is 0 Å². The Morgan fingerprint density at radius 1 is 1.44 bits per heavy atom. The molecule has 0 radical (unpaired) electrons. The van der Waals surface area contributed by atoms with Gasteiger partial charge in [0.05, 0.1) is 5.02 Å². The molecule has 0 fully saturated rings. The first-order valence-electron chi connectivity index (χ1n) is 5.94. The van der Waals surface area contributed by atoms with Crippen LogP contribution in [0.1, 0.15) is 37.0 Å². The van der Waals surface area contributed by atoms with E-state index in [1.807, 2.05) is 19.9 Å². The summed E-state index contributed by atoms with van der Waals surface area (Å²) in [6, 6.07) is 5.26. The number of carbonyl (C=O) groups excluding carboxylic acids is 1. The molecule has 1 amide bonds. The number of hydrogen-bond donors (Lipinski definition) is 2. The highest BCUT2D eigenvalue weighted by molar-refractivity contribution is 14.1. The molecule has 3 nitrogen and oxygen atoms in total. The first-order valence-corrected chi connectivity index (χ1v) is 7.39. The van der Waals surface area contributed by atoms with E-state index in [-0.39, 0.29) is 11.4 Å². The molecule has 1 aromatic carbocycles. The van der Waals surface area contributed by atoms with Gasteiger partial charge in [-0.15, -0.1) is 0 Å². The van der Waals surface area contributed by atoms with E-state index in [0.717, 1.165) is 16.4 Å². The molecule has 5 heteroatoms. The standard InChI is InChI=1S/C13H18ClIN2O/c1-3-13(16,4-2)8-17-12(18)9-5-6-11(15)10(14)7-9/h5-7H,3-4,8,16H2,1-2H3,(H,17,18). The second kappa shape index (κ2) is 6.73. The molecule has 0 atom stereocenters. The van der Waals surface area contributed by atoms with Crippen LogP contribution in [0.5, 0.6) is 0 Å². The second-order valence-electron chi connectivity index (χ2n) is 4.38. The van der Waals surface area contributed by atoms with E-state index in [1.54, 1.807) is 12.1 Å². The van der Waals surface area contributed by atoms with Crippen LogP contribution in [0.25, 0.3) is 0 Å². The Morgan fingerprint density at radius 2 is 2.06 bits per heavy atom. The van der Waals surface area contributed by atoms with Crippen molar-refractivity contribution in [3.05, 3.63) is 32.4 Å². The summed E-state index contributed by atoms with van der Waals surface area (Å²) in [5.41, 5.74) is 6.37. The number of carbonyl (C=O) groups is 1. The molecule has 0 aliphatic carbocycles. The Morgan fingerprint density at radius 3 is 2.56 bits per heavy atom. The zero-order chi connectivity index (χ0) is 13.8. The number of rotatable bonds is 5. The smallest absolute Gasteiger partial charge is 0.251 e. The molecule has 0 heterocycles. The highest BCUT2D eigenvalue weighted by atomic mass is 127. The van der Waals surface area contributed by atoms with Gasteiger partial charge < -0.3 is 11.1 Å². The average molecular weight is 381 g/mol. The molecule has 0 aliphatic heterocycles. The minimum Gasteiger partial charge on any atom is -0.350 e. The zero-order valence-corrected chi connectivity index (χ0v) is 13.5. The fourth-order valence-corrected chi connectivity index (χ4v) is 2.01. The van der Waals surface area contributed by atoms with Gasteiger partial charge in [0.15, 0.2) is 0 Å². The normalized spacial score (nSPS) is 11.4. The third kappa shape index (κ3) is 4.10. The van der Waals surface area contributed by atoms with Crippen LogP contribution in [0.4, 0.5) is 0 Å². The highest BCUT2D eigenvalue weighted by Crippen LogP contribution is 2.19. The van der Waals surface area contributed by atoms with Gasteiger partial charge in [-0.1, -0.05) is 25.4 Å². The minimum atomic E-state index is -0.331. The summed E-state index contributed by atoms with van der Waals surface area (Å²) in [5, 5.41) is 3.45. The lowest BCUT2D eigenvalue weighted by Crippen LogP contribution is -2.49. The van der Waals surface area contributed by atoms with E-state index >= 15 is 0 Å². The predicted molar refractivity (Wildman–Crippen MR) is 84.0 cm³/mol. The Labute approximate surface area is 127 Å². The van der Waals surface area contributed by atoms with Crippen molar-refractivity contribution in [1.29, 1.82) is 0 Å². The first-order chi connectivity index (χ1) is 8.41. The third-order valence-corrected chi connectivity index (χ3v) is 4.76. The van der Waals surface area contributed by atoms with Gasteiger partial charge in [0.1, 0.15) is 0 Å².